The average Bonchev–Trinajstić information content (AvgIpc) is 2.48. The molecule has 2 rings (SSSR count). The molecule has 2 aromatic carbocycles. The predicted molar refractivity (Wildman–Crippen MR) is 78.1 cm³/mol. The van der Waals surface area contributed by atoms with Crippen molar-refractivity contribution in [3.05, 3.63) is 59.7 Å². The Morgan fingerprint density at radius 1 is 1.10 bits per heavy atom. The Morgan fingerprint density at radius 3 is 2.50 bits per heavy atom. The standard InChI is InChI=1S/C16H17NO3/c1-19-11-13-10-12(8-9-15(13)20-2)16(18)17-14-6-4-3-5-7-14/h3-10H,11H2,1-2H3,(H,17,18). The fourth-order valence-electron chi connectivity index (χ4n) is 1.91. The molecular weight excluding hydrogens is 254 g/mol. The summed E-state index contributed by atoms with van der Waals surface area (Å²) >= 11 is 0. The molecule has 0 heterocycles. The molecule has 0 bridgehead atoms. The highest BCUT2D eigenvalue weighted by Crippen LogP contribution is 2.21. The monoisotopic (exact) mass is 271 g/mol. The van der Waals surface area contributed by atoms with E-state index in [1.807, 2.05) is 30.3 Å². The molecule has 0 aliphatic carbocycles. The topological polar surface area (TPSA) is 47.6 Å². The van der Waals surface area contributed by atoms with E-state index in [1.165, 1.54) is 0 Å². The fraction of sp³-hybridized carbons (Fsp3) is 0.188. The van der Waals surface area contributed by atoms with E-state index < -0.39 is 0 Å². The third-order valence-corrected chi connectivity index (χ3v) is 2.87. The summed E-state index contributed by atoms with van der Waals surface area (Å²) in [6, 6.07) is 14.6. The second kappa shape index (κ2) is 6.73. The molecule has 0 fully saturated rings. The molecule has 0 radical (unpaired) electrons. The lowest BCUT2D eigenvalue weighted by atomic mass is 10.1. The summed E-state index contributed by atoms with van der Waals surface area (Å²) in [5.74, 6) is 0.555. The van der Waals surface area contributed by atoms with E-state index in [2.05, 4.69) is 5.32 Å². The summed E-state index contributed by atoms with van der Waals surface area (Å²) in [5.41, 5.74) is 2.18. The number of methoxy groups -OCH3 is 2. The van der Waals surface area contributed by atoms with E-state index in [-0.39, 0.29) is 5.91 Å². The summed E-state index contributed by atoms with van der Waals surface area (Å²) in [6.45, 7) is 0.398. The van der Waals surface area contributed by atoms with Gasteiger partial charge in [0.05, 0.1) is 13.7 Å². The van der Waals surface area contributed by atoms with Crippen LogP contribution in [0.1, 0.15) is 15.9 Å². The average molecular weight is 271 g/mol. The molecule has 4 nitrogen and oxygen atoms in total. The first kappa shape index (κ1) is 14.1. The molecule has 20 heavy (non-hydrogen) atoms. The largest absolute Gasteiger partial charge is 0.496 e. The summed E-state index contributed by atoms with van der Waals surface area (Å²) in [5, 5.41) is 2.84. The van der Waals surface area contributed by atoms with Crippen LogP contribution in [0.2, 0.25) is 0 Å². The molecule has 0 saturated carbocycles. The quantitative estimate of drug-likeness (QED) is 0.909. The lowest BCUT2D eigenvalue weighted by molar-refractivity contribution is 0.102. The number of benzene rings is 2. The molecule has 104 valence electrons. The van der Waals surface area contributed by atoms with Crippen LogP contribution in [0.15, 0.2) is 48.5 Å². The van der Waals surface area contributed by atoms with E-state index in [0.717, 1.165) is 11.3 Å². The molecule has 0 unspecified atom stereocenters. The summed E-state index contributed by atoms with van der Waals surface area (Å²) in [6.07, 6.45) is 0. The van der Waals surface area contributed by atoms with Crippen molar-refractivity contribution in [1.82, 2.24) is 0 Å². The third kappa shape index (κ3) is 3.36. The van der Waals surface area contributed by atoms with Crippen molar-refractivity contribution in [2.24, 2.45) is 0 Å². The van der Waals surface area contributed by atoms with E-state index in [0.29, 0.717) is 17.9 Å². The molecule has 0 spiro atoms. The zero-order valence-corrected chi connectivity index (χ0v) is 11.6. The molecule has 0 aromatic heterocycles. The summed E-state index contributed by atoms with van der Waals surface area (Å²) < 4.78 is 10.4. The Bertz CT molecular complexity index is 582. The van der Waals surface area contributed by atoms with Gasteiger partial charge in [-0.15, -0.1) is 0 Å². The van der Waals surface area contributed by atoms with Gasteiger partial charge in [-0.2, -0.15) is 0 Å². The number of ether oxygens (including phenoxy) is 2. The van der Waals surface area contributed by atoms with Crippen molar-refractivity contribution < 1.29 is 14.3 Å². The molecule has 2 aromatic rings. The van der Waals surface area contributed by atoms with Crippen LogP contribution in [-0.2, 0) is 11.3 Å². The second-order valence-electron chi connectivity index (χ2n) is 4.28. The van der Waals surface area contributed by atoms with Gasteiger partial charge >= 0.3 is 0 Å². The molecule has 0 aliphatic heterocycles. The van der Waals surface area contributed by atoms with Gasteiger partial charge in [-0.1, -0.05) is 18.2 Å². The third-order valence-electron chi connectivity index (χ3n) is 2.87. The van der Waals surface area contributed by atoms with Gasteiger partial charge in [0.1, 0.15) is 5.75 Å². The van der Waals surface area contributed by atoms with Crippen LogP contribution in [0.3, 0.4) is 0 Å². The van der Waals surface area contributed by atoms with Crippen molar-refractivity contribution in [3.8, 4) is 5.75 Å². The minimum absolute atomic E-state index is 0.156. The summed E-state index contributed by atoms with van der Waals surface area (Å²) in [4.78, 5) is 12.2. The molecule has 0 atom stereocenters. The smallest absolute Gasteiger partial charge is 0.255 e. The van der Waals surface area contributed by atoms with Gasteiger partial charge in [0.25, 0.3) is 5.91 Å². The van der Waals surface area contributed by atoms with Gasteiger partial charge in [0.15, 0.2) is 0 Å². The Balaban J connectivity index is 2.19. The minimum atomic E-state index is -0.156. The number of rotatable bonds is 5. The fourth-order valence-corrected chi connectivity index (χ4v) is 1.91. The maximum Gasteiger partial charge on any atom is 0.255 e. The number of carbonyl (C=O) groups is 1. The van der Waals surface area contributed by atoms with Gasteiger partial charge in [0, 0.05) is 23.9 Å². The van der Waals surface area contributed by atoms with Gasteiger partial charge in [0.2, 0.25) is 0 Å². The first-order chi connectivity index (χ1) is 9.74. The molecular formula is C16H17NO3. The van der Waals surface area contributed by atoms with Crippen LogP contribution in [-0.4, -0.2) is 20.1 Å². The maximum absolute atomic E-state index is 12.2. The van der Waals surface area contributed by atoms with Crippen molar-refractivity contribution >= 4 is 11.6 Å². The van der Waals surface area contributed by atoms with Crippen LogP contribution in [0.25, 0.3) is 0 Å². The molecule has 1 N–H and O–H groups in total. The van der Waals surface area contributed by atoms with Crippen molar-refractivity contribution in [2.75, 3.05) is 19.5 Å². The highest BCUT2D eigenvalue weighted by Gasteiger charge is 2.10. The van der Waals surface area contributed by atoms with E-state index >= 15 is 0 Å². The van der Waals surface area contributed by atoms with Crippen LogP contribution in [0, 0.1) is 0 Å². The van der Waals surface area contributed by atoms with Crippen molar-refractivity contribution in [1.29, 1.82) is 0 Å². The first-order valence-electron chi connectivity index (χ1n) is 6.27. The van der Waals surface area contributed by atoms with Crippen molar-refractivity contribution in [2.45, 2.75) is 6.61 Å². The summed E-state index contributed by atoms with van der Waals surface area (Å²) in [7, 11) is 3.20. The number of hydrogen-bond acceptors (Lipinski definition) is 3. The molecule has 1 amide bonds. The molecule has 0 aliphatic rings. The van der Waals surface area contributed by atoms with Gasteiger partial charge < -0.3 is 14.8 Å². The van der Waals surface area contributed by atoms with E-state index in [4.69, 9.17) is 9.47 Å². The zero-order chi connectivity index (χ0) is 14.4. The highest BCUT2D eigenvalue weighted by atomic mass is 16.5. The lowest BCUT2D eigenvalue weighted by Gasteiger charge is -2.10. The second-order valence-corrected chi connectivity index (χ2v) is 4.28. The number of para-hydroxylation sites is 1. The van der Waals surface area contributed by atoms with E-state index in [9.17, 15) is 4.79 Å². The number of carbonyl (C=O) groups excluding carboxylic acids is 1. The van der Waals surface area contributed by atoms with Crippen molar-refractivity contribution in [3.63, 3.8) is 0 Å². The van der Waals surface area contributed by atoms with E-state index in [1.54, 1.807) is 32.4 Å². The van der Waals surface area contributed by atoms with Crippen LogP contribution in [0.5, 0.6) is 5.75 Å². The minimum Gasteiger partial charge on any atom is -0.496 e. The normalized spacial score (nSPS) is 10.1. The lowest BCUT2D eigenvalue weighted by Crippen LogP contribution is -2.12. The molecule has 0 saturated heterocycles. The number of nitrogens with one attached hydrogen (secondary N) is 1. The SMILES string of the molecule is COCc1cc(C(=O)Nc2ccccc2)ccc1OC. The zero-order valence-electron chi connectivity index (χ0n) is 11.6. The predicted octanol–water partition coefficient (Wildman–Crippen LogP) is 3.09. The van der Waals surface area contributed by atoms with Gasteiger partial charge in [-0.3, -0.25) is 4.79 Å². The maximum atomic E-state index is 12.2. The Hall–Kier alpha value is -2.33. The first-order valence-corrected chi connectivity index (χ1v) is 6.27. The van der Waals surface area contributed by atoms with Crippen LogP contribution >= 0.6 is 0 Å². The highest BCUT2D eigenvalue weighted by molar-refractivity contribution is 6.04. The van der Waals surface area contributed by atoms with Gasteiger partial charge in [-0.25, -0.2) is 0 Å². The Kier molecular flexibility index (Phi) is 4.74. The van der Waals surface area contributed by atoms with Gasteiger partial charge in [-0.05, 0) is 30.3 Å². The Morgan fingerprint density at radius 2 is 1.85 bits per heavy atom. The molecule has 4 heteroatoms. The Labute approximate surface area is 118 Å². The number of hydrogen-bond donors (Lipinski definition) is 1. The number of amides is 1. The van der Waals surface area contributed by atoms with Crippen LogP contribution < -0.4 is 10.1 Å². The number of anilines is 1. The van der Waals surface area contributed by atoms with Crippen LogP contribution in [0.4, 0.5) is 5.69 Å².